The molecule has 1 atom stereocenters. The van der Waals surface area contributed by atoms with Gasteiger partial charge in [0, 0.05) is 36.1 Å². The molecule has 0 unspecified atom stereocenters. The number of piperidine rings is 2. The maximum absolute atomic E-state index is 13.4. The predicted molar refractivity (Wildman–Crippen MR) is 172 cm³/mol. The lowest BCUT2D eigenvalue weighted by molar-refractivity contribution is -0.125. The van der Waals surface area contributed by atoms with Gasteiger partial charge in [-0.1, -0.05) is 30.3 Å². The van der Waals surface area contributed by atoms with Crippen molar-refractivity contribution in [3.05, 3.63) is 90.3 Å². The first-order valence-electron chi connectivity index (χ1n) is 15.9. The van der Waals surface area contributed by atoms with E-state index in [9.17, 15) is 14.0 Å². The van der Waals surface area contributed by atoms with Crippen LogP contribution in [0.5, 0.6) is 0 Å². The summed E-state index contributed by atoms with van der Waals surface area (Å²) in [5, 5.41) is 10.7. The molecule has 12 heteroatoms. The van der Waals surface area contributed by atoms with Crippen molar-refractivity contribution in [2.24, 2.45) is 5.92 Å². The van der Waals surface area contributed by atoms with Crippen molar-refractivity contribution in [2.75, 3.05) is 43.8 Å². The lowest BCUT2D eigenvalue weighted by Gasteiger charge is -2.33. The molecule has 0 aliphatic carbocycles. The predicted octanol–water partition coefficient (Wildman–Crippen LogP) is 4.62. The summed E-state index contributed by atoms with van der Waals surface area (Å²) in [5.41, 5.74) is 7.77. The van der Waals surface area contributed by atoms with Crippen LogP contribution in [0.15, 0.2) is 73.2 Å². The fourth-order valence-electron chi connectivity index (χ4n) is 6.11. The molecule has 2 fully saturated rings. The van der Waals surface area contributed by atoms with Crippen molar-refractivity contribution in [3.8, 4) is 11.3 Å². The smallest absolute Gasteiger partial charge is 0.361 e. The van der Waals surface area contributed by atoms with E-state index in [0.29, 0.717) is 22.5 Å². The van der Waals surface area contributed by atoms with Gasteiger partial charge in [0.2, 0.25) is 6.10 Å². The number of carbonyl (C=O) groups is 2. The molecule has 4 N–H and O–H groups in total. The molecular formula is C34H39FN8O3. The molecule has 2 aliphatic rings. The van der Waals surface area contributed by atoms with E-state index in [1.807, 2.05) is 10.9 Å². The lowest BCUT2D eigenvalue weighted by atomic mass is 9.94. The van der Waals surface area contributed by atoms with Crippen molar-refractivity contribution in [2.45, 2.75) is 44.2 Å². The molecule has 6 rings (SSSR count). The van der Waals surface area contributed by atoms with Crippen molar-refractivity contribution in [3.63, 3.8) is 0 Å². The van der Waals surface area contributed by atoms with Gasteiger partial charge in [-0.05, 0) is 81.9 Å². The molecule has 4 aromatic rings. The Morgan fingerprint density at radius 1 is 1.02 bits per heavy atom. The molecule has 2 saturated heterocycles. The zero-order valence-corrected chi connectivity index (χ0v) is 25.6. The van der Waals surface area contributed by atoms with E-state index in [4.69, 9.17) is 10.5 Å². The first-order chi connectivity index (χ1) is 22.4. The van der Waals surface area contributed by atoms with Crippen LogP contribution >= 0.6 is 0 Å². The highest BCUT2D eigenvalue weighted by molar-refractivity contribution is 5.99. The van der Waals surface area contributed by atoms with E-state index < -0.39 is 23.8 Å². The quantitative estimate of drug-likeness (QED) is 0.215. The van der Waals surface area contributed by atoms with E-state index in [-0.39, 0.29) is 17.6 Å². The highest BCUT2D eigenvalue weighted by Crippen LogP contribution is 2.27. The summed E-state index contributed by atoms with van der Waals surface area (Å²) in [5.74, 6) is -1.25. The van der Waals surface area contributed by atoms with Crippen LogP contribution in [0.2, 0.25) is 0 Å². The molecule has 11 nitrogen and oxygen atoms in total. The van der Waals surface area contributed by atoms with Gasteiger partial charge >= 0.3 is 5.97 Å². The number of benzene rings is 2. The topological polar surface area (TPSA) is 140 Å². The number of esters is 1. The number of amides is 1. The standard InChI is InChI=1S/C34H39FN8O3/c35-26-6-8-27(9-7-26)40-33(44)31(24-4-2-1-3-5-24)46-34(45)30-32(36)38-21-29(41-30)25-20-39-43(22-25)28-13-18-42(19-14-28)17-12-23-10-15-37-16-11-23/h1-9,20-23,28,31,37H,10-19H2,(H2,36,38)(H,40,44)/t31-/m1/s1. The third-order valence-electron chi connectivity index (χ3n) is 8.81. The molecule has 0 bridgehead atoms. The Labute approximate surface area is 267 Å². The highest BCUT2D eigenvalue weighted by atomic mass is 19.1. The molecule has 2 aromatic carbocycles. The van der Waals surface area contributed by atoms with Gasteiger partial charge in [-0.15, -0.1) is 0 Å². The van der Waals surface area contributed by atoms with Crippen molar-refractivity contribution in [1.82, 2.24) is 30.0 Å². The number of ether oxygens (including phenoxy) is 1. The van der Waals surface area contributed by atoms with Crippen LogP contribution < -0.4 is 16.4 Å². The lowest BCUT2D eigenvalue weighted by Crippen LogP contribution is -2.37. The largest absolute Gasteiger partial charge is 0.442 e. The first-order valence-corrected chi connectivity index (χ1v) is 15.9. The number of nitrogens with two attached hydrogens (primary N) is 1. The molecule has 1 amide bonds. The van der Waals surface area contributed by atoms with Crippen LogP contribution in [-0.4, -0.2) is 69.2 Å². The maximum Gasteiger partial charge on any atom is 0.361 e. The number of carbonyl (C=O) groups excluding carboxylic acids is 2. The number of halogens is 1. The van der Waals surface area contributed by atoms with Crippen LogP contribution in [-0.2, 0) is 9.53 Å². The minimum Gasteiger partial charge on any atom is -0.442 e. The SMILES string of the molecule is Nc1ncc(-c2cnn(C3CCN(CCC4CCNCC4)CC3)c2)nc1C(=O)O[C@@H](C(=O)Nc1ccc(F)cc1)c1ccccc1. The summed E-state index contributed by atoms with van der Waals surface area (Å²) in [6.45, 7) is 5.51. The zero-order valence-electron chi connectivity index (χ0n) is 25.6. The van der Waals surface area contributed by atoms with Crippen LogP contribution in [0.1, 0.15) is 60.3 Å². The Balaban J connectivity index is 1.11. The van der Waals surface area contributed by atoms with E-state index in [2.05, 4.69) is 30.6 Å². The van der Waals surface area contributed by atoms with Crippen molar-refractivity contribution in [1.29, 1.82) is 0 Å². The second-order valence-electron chi connectivity index (χ2n) is 11.9. The van der Waals surface area contributed by atoms with Crippen molar-refractivity contribution < 1.29 is 18.7 Å². The average molecular weight is 627 g/mol. The van der Waals surface area contributed by atoms with Crippen LogP contribution in [0.25, 0.3) is 11.3 Å². The summed E-state index contributed by atoms with van der Waals surface area (Å²) in [6, 6.07) is 14.1. The molecule has 0 spiro atoms. The van der Waals surface area contributed by atoms with Gasteiger partial charge in [-0.2, -0.15) is 5.10 Å². The number of hydrogen-bond donors (Lipinski definition) is 3. The molecule has 2 aromatic heterocycles. The van der Waals surface area contributed by atoms with Gasteiger partial charge in [0.25, 0.3) is 5.91 Å². The number of aromatic nitrogens is 4. The Morgan fingerprint density at radius 2 is 1.76 bits per heavy atom. The summed E-state index contributed by atoms with van der Waals surface area (Å²) in [6.07, 6.45) is 9.66. The Hall–Kier alpha value is -4.68. The number of hydrogen-bond acceptors (Lipinski definition) is 9. The third kappa shape index (κ3) is 7.75. The molecule has 240 valence electrons. The second-order valence-corrected chi connectivity index (χ2v) is 11.9. The Morgan fingerprint density at radius 3 is 2.50 bits per heavy atom. The fraction of sp³-hybridized carbons (Fsp3) is 0.382. The monoisotopic (exact) mass is 626 g/mol. The van der Waals surface area contributed by atoms with Crippen LogP contribution in [0, 0.1) is 11.7 Å². The van der Waals surface area contributed by atoms with Gasteiger partial charge < -0.3 is 26.0 Å². The molecular weight excluding hydrogens is 587 g/mol. The normalized spacial score (nSPS) is 17.0. The van der Waals surface area contributed by atoms with Gasteiger partial charge in [0.05, 0.1) is 24.1 Å². The summed E-state index contributed by atoms with van der Waals surface area (Å²) in [4.78, 5) is 37.9. The molecule has 46 heavy (non-hydrogen) atoms. The molecule has 0 saturated carbocycles. The number of likely N-dealkylation sites (tertiary alicyclic amines) is 1. The number of nitrogens with one attached hydrogen (secondary N) is 2. The average Bonchev–Trinajstić information content (AvgIpc) is 3.59. The van der Waals surface area contributed by atoms with Gasteiger partial charge in [-0.25, -0.2) is 19.2 Å². The van der Waals surface area contributed by atoms with E-state index in [1.165, 1.54) is 49.7 Å². The van der Waals surface area contributed by atoms with Gasteiger partial charge in [0.15, 0.2) is 11.5 Å². The van der Waals surface area contributed by atoms with Gasteiger partial charge in [-0.3, -0.25) is 9.48 Å². The zero-order chi connectivity index (χ0) is 31.9. The Kier molecular flexibility index (Phi) is 9.94. The summed E-state index contributed by atoms with van der Waals surface area (Å²) < 4.78 is 21.0. The van der Waals surface area contributed by atoms with Crippen LogP contribution in [0.3, 0.4) is 0 Å². The third-order valence-corrected chi connectivity index (χ3v) is 8.81. The van der Waals surface area contributed by atoms with E-state index >= 15 is 0 Å². The first kappa shape index (κ1) is 31.3. The minimum atomic E-state index is -1.32. The van der Waals surface area contributed by atoms with Crippen molar-refractivity contribution >= 4 is 23.4 Å². The molecule has 2 aliphatic heterocycles. The molecule has 0 radical (unpaired) electrons. The maximum atomic E-state index is 13.4. The van der Waals surface area contributed by atoms with Gasteiger partial charge in [0.1, 0.15) is 5.82 Å². The van der Waals surface area contributed by atoms with E-state index in [1.54, 1.807) is 36.5 Å². The summed E-state index contributed by atoms with van der Waals surface area (Å²) >= 11 is 0. The fourth-order valence-corrected chi connectivity index (χ4v) is 6.11. The second kappa shape index (κ2) is 14.6. The number of nitrogen functional groups attached to an aromatic ring is 1. The number of anilines is 2. The van der Waals surface area contributed by atoms with Crippen LogP contribution in [0.4, 0.5) is 15.9 Å². The highest BCUT2D eigenvalue weighted by Gasteiger charge is 2.29. The Bertz CT molecular complexity index is 1620. The summed E-state index contributed by atoms with van der Waals surface area (Å²) in [7, 11) is 0. The minimum absolute atomic E-state index is 0.122. The molecule has 4 heterocycles. The van der Waals surface area contributed by atoms with E-state index in [0.717, 1.165) is 51.5 Å². The number of nitrogens with zero attached hydrogens (tertiary/aromatic N) is 5. The number of rotatable bonds is 10.